The SMILES string of the molecule is O=C(c1ccn[nH]1)N1CCO[C@H]2CC[C@H]1[C@H]2OCc1ccncc1. The third kappa shape index (κ3) is 2.92. The maximum atomic E-state index is 12.8. The Morgan fingerprint density at radius 1 is 1.29 bits per heavy atom. The van der Waals surface area contributed by atoms with Crippen LogP contribution in [-0.2, 0) is 16.1 Å². The fraction of sp³-hybridized carbons (Fsp3) is 0.471. The van der Waals surface area contributed by atoms with Gasteiger partial charge in [-0.2, -0.15) is 5.10 Å². The van der Waals surface area contributed by atoms with E-state index >= 15 is 0 Å². The van der Waals surface area contributed by atoms with E-state index < -0.39 is 0 Å². The number of H-pyrrole nitrogens is 1. The van der Waals surface area contributed by atoms with Crippen molar-refractivity contribution in [3.8, 4) is 0 Å². The van der Waals surface area contributed by atoms with Gasteiger partial charge in [-0.15, -0.1) is 0 Å². The van der Waals surface area contributed by atoms with Crippen molar-refractivity contribution in [1.82, 2.24) is 20.1 Å². The quantitative estimate of drug-likeness (QED) is 0.917. The second kappa shape index (κ2) is 6.70. The van der Waals surface area contributed by atoms with Crippen LogP contribution < -0.4 is 0 Å². The first-order valence-electron chi connectivity index (χ1n) is 8.25. The van der Waals surface area contributed by atoms with Crippen LogP contribution in [0, 0.1) is 0 Å². The van der Waals surface area contributed by atoms with Crippen molar-refractivity contribution in [2.24, 2.45) is 0 Å². The van der Waals surface area contributed by atoms with Crippen molar-refractivity contribution in [3.63, 3.8) is 0 Å². The Kier molecular flexibility index (Phi) is 4.27. The summed E-state index contributed by atoms with van der Waals surface area (Å²) >= 11 is 0. The fourth-order valence-electron chi connectivity index (χ4n) is 3.56. The molecule has 1 aliphatic carbocycles. The lowest BCUT2D eigenvalue weighted by Gasteiger charge is -2.31. The molecular weight excluding hydrogens is 308 g/mol. The molecule has 0 unspecified atom stereocenters. The number of aromatic nitrogens is 3. The zero-order valence-electron chi connectivity index (χ0n) is 13.3. The number of aromatic amines is 1. The number of rotatable bonds is 4. The highest BCUT2D eigenvalue weighted by Gasteiger charge is 2.45. The van der Waals surface area contributed by atoms with Gasteiger partial charge in [0.1, 0.15) is 11.8 Å². The standard InChI is InChI=1S/C17H20N4O3/c22-17(13-5-8-19-20-13)21-9-10-23-15-2-1-14(21)16(15)24-11-12-3-6-18-7-4-12/h3-8,14-16H,1-2,9-11H2,(H,19,20)/t14-,15-,16+/m0/s1. The second-order valence-corrected chi connectivity index (χ2v) is 6.15. The molecule has 4 rings (SSSR count). The predicted octanol–water partition coefficient (Wildman–Crippen LogP) is 1.39. The van der Waals surface area contributed by atoms with Crippen LogP contribution in [0.5, 0.6) is 0 Å². The van der Waals surface area contributed by atoms with Gasteiger partial charge in [0.25, 0.3) is 5.91 Å². The van der Waals surface area contributed by atoms with E-state index in [1.165, 1.54) is 0 Å². The molecule has 0 aromatic carbocycles. The number of ether oxygens (including phenoxy) is 2. The van der Waals surface area contributed by atoms with Gasteiger partial charge in [0, 0.05) is 25.1 Å². The number of nitrogens with zero attached hydrogens (tertiary/aromatic N) is 3. The van der Waals surface area contributed by atoms with Crippen LogP contribution in [0.25, 0.3) is 0 Å². The van der Waals surface area contributed by atoms with Crippen molar-refractivity contribution in [1.29, 1.82) is 0 Å². The topological polar surface area (TPSA) is 80.3 Å². The third-order valence-electron chi connectivity index (χ3n) is 4.74. The van der Waals surface area contributed by atoms with E-state index in [4.69, 9.17) is 9.47 Å². The summed E-state index contributed by atoms with van der Waals surface area (Å²) < 4.78 is 12.1. The van der Waals surface area contributed by atoms with Crippen molar-refractivity contribution in [3.05, 3.63) is 48.0 Å². The molecule has 2 bridgehead atoms. The largest absolute Gasteiger partial charge is 0.374 e. The average molecular weight is 328 g/mol. The molecule has 1 N–H and O–H groups in total. The molecule has 3 atom stereocenters. The summed E-state index contributed by atoms with van der Waals surface area (Å²) in [5.41, 5.74) is 1.58. The highest BCUT2D eigenvalue weighted by molar-refractivity contribution is 5.92. The molecule has 0 spiro atoms. The Morgan fingerprint density at radius 3 is 2.96 bits per heavy atom. The highest BCUT2D eigenvalue weighted by atomic mass is 16.5. The van der Waals surface area contributed by atoms with E-state index in [0.717, 1.165) is 18.4 Å². The van der Waals surface area contributed by atoms with Gasteiger partial charge in [0.15, 0.2) is 0 Å². The highest BCUT2D eigenvalue weighted by Crippen LogP contribution is 2.33. The minimum absolute atomic E-state index is 0.0372. The molecule has 2 fully saturated rings. The molecule has 2 aliphatic rings. The minimum atomic E-state index is -0.104. The molecule has 2 aromatic rings. The Balaban J connectivity index is 1.50. The lowest BCUT2D eigenvalue weighted by atomic mass is 10.1. The van der Waals surface area contributed by atoms with E-state index in [0.29, 0.717) is 25.5 Å². The zero-order valence-corrected chi connectivity index (χ0v) is 13.3. The van der Waals surface area contributed by atoms with Crippen LogP contribution in [0.4, 0.5) is 0 Å². The van der Waals surface area contributed by atoms with Crippen molar-refractivity contribution in [2.75, 3.05) is 13.2 Å². The lowest BCUT2D eigenvalue weighted by Crippen LogP contribution is -2.46. The van der Waals surface area contributed by atoms with Crippen LogP contribution in [0.3, 0.4) is 0 Å². The molecule has 7 nitrogen and oxygen atoms in total. The van der Waals surface area contributed by atoms with Crippen LogP contribution in [0.1, 0.15) is 28.9 Å². The van der Waals surface area contributed by atoms with Crippen molar-refractivity contribution >= 4 is 5.91 Å². The number of hydrogen-bond donors (Lipinski definition) is 1. The molecule has 126 valence electrons. The summed E-state index contributed by atoms with van der Waals surface area (Å²) in [6.45, 7) is 1.61. The van der Waals surface area contributed by atoms with E-state index in [1.54, 1.807) is 24.7 Å². The Hall–Kier alpha value is -2.25. The lowest BCUT2D eigenvalue weighted by molar-refractivity contribution is -0.0598. The number of pyridine rings is 1. The summed E-state index contributed by atoms with van der Waals surface area (Å²) in [4.78, 5) is 18.6. The number of carbonyl (C=O) groups excluding carboxylic acids is 1. The first-order chi connectivity index (χ1) is 11.8. The van der Waals surface area contributed by atoms with Gasteiger partial charge in [-0.3, -0.25) is 14.9 Å². The van der Waals surface area contributed by atoms with Crippen molar-refractivity contribution < 1.29 is 14.3 Å². The average Bonchev–Trinajstić information content (AvgIpc) is 3.22. The molecule has 1 aliphatic heterocycles. The molecule has 3 heterocycles. The zero-order chi connectivity index (χ0) is 16.4. The summed E-state index contributed by atoms with van der Waals surface area (Å²) in [7, 11) is 0. The first-order valence-corrected chi connectivity index (χ1v) is 8.25. The summed E-state index contributed by atoms with van der Waals surface area (Å²) in [6.07, 6.45) is 6.86. The predicted molar refractivity (Wildman–Crippen MR) is 85.2 cm³/mol. The van der Waals surface area contributed by atoms with E-state index in [2.05, 4.69) is 15.2 Å². The van der Waals surface area contributed by atoms with Crippen LogP contribution >= 0.6 is 0 Å². The number of hydrogen-bond acceptors (Lipinski definition) is 5. The molecule has 7 heteroatoms. The maximum absolute atomic E-state index is 12.8. The summed E-state index contributed by atoms with van der Waals surface area (Å²) in [5, 5.41) is 6.63. The van der Waals surface area contributed by atoms with E-state index in [-0.39, 0.29) is 24.2 Å². The molecule has 1 saturated carbocycles. The normalized spacial score (nSPS) is 26.3. The van der Waals surface area contributed by atoms with Gasteiger partial charge in [-0.25, -0.2) is 0 Å². The van der Waals surface area contributed by atoms with Crippen molar-refractivity contribution in [2.45, 2.75) is 37.7 Å². The Morgan fingerprint density at radius 2 is 2.17 bits per heavy atom. The van der Waals surface area contributed by atoms with Gasteiger partial charge >= 0.3 is 0 Å². The van der Waals surface area contributed by atoms with Gasteiger partial charge in [0.2, 0.25) is 0 Å². The Labute approximate surface area is 140 Å². The third-order valence-corrected chi connectivity index (χ3v) is 4.74. The van der Waals surface area contributed by atoms with Crippen LogP contribution in [-0.4, -0.2) is 57.4 Å². The molecule has 0 radical (unpaired) electrons. The Bertz CT molecular complexity index is 676. The number of amides is 1. The molecule has 24 heavy (non-hydrogen) atoms. The smallest absolute Gasteiger partial charge is 0.272 e. The van der Waals surface area contributed by atoms with Crippen LogP contribution in [0.2, 0.25) is 0 Å². The van der Waals surface area contributed by atoms with E-state index in [9.17, 15) is 4.79 Å². The van der Waals surface area contributed by atoms with Gasteiger partial charge < -0.3 is 14.4 Å². The number of fused-ring (bicyclic) bond motifs is 2. The number of nitrogens with one attached hydrogen (secondary N) is 1. The van der Waals surface area contributed by atoms with Gasteiger partial charge in [0.05, 0.1) is 25.4 Å². The first kappa shape index (κ1) is 15.3. The maximum Gasteiger partial charge on any atom is 0.272 e. The number of carbonyl (C=O) groups is 1. The van der Waals surface area contributed by atoms with Gasteiger partial charge in [-0.05, 0) is 36.6 Å². The molecule has 1 saturated heterocycles. The summed E-state index contributed by atoms with van der Waals surface area (Å²) in [5.74, 6) is -0.0406. The fourth-order valence-corrected chi connectivity index (χ4v) is 3.56. The second-order valence-electron chi connectivity index (χ2n) is 6.15. The minimum Gasteiger partial charge on any atom is -0.374 e. The molecular formula is C17H20N4O3. The molecule has 2 aromatic heterocycles. The van der Waals surface area contributed by atoms with Crippen LogP contribution in [0.15, 0.2) is 36.8 Å². The summed E-state index contributed by atoms with van der Waals surface area (Å²) in [6, 6.07) is 5.61. The molecule has 1 amide bonds. The van der Waals surface area contributed by atoms with Gasteiger partial charge in [-0.1, -0.05) is 0 Å². The van der Waals surface area contributed by atoms with E-state index in [1.807, 2.05) is 17.0 Å². The monoisotopic (exact) mass is 328 g/mol.